The van der Waals surface area contributed by atoms with Gasteiger partial charge in [0, 0.05) is 195 Å². The van der Waals surface area contributed by atoms with Crippen molar-refractivity contribution < 1.29 is 0 Å². The van der Waals surface area contributed by atoms with E-state index in [4.69, 9.17) is 0 Å². The number of H-pyrrole nitrogens is 3. The predicted molar refractivity (Wildman–Crippen MR) is 558 cm³/mol. The molecule has 0 unspecified atom stereocenters. The van der Waals surface area contributed by atoms with E-state index >= 15 is 0 Å². The molecule has 32 nitrogen and oxygen atoms in total. The summed E-state index contributed by atoms with van der Waals surface area (Å²) in [4.78, 5) is 81.6. The molecule has 2 aliphatic heterocycles. The van der Waals surface area contributed by atoms with Crippen LogP contribution in [0.2, 0.25) is 0 Å². The lowest BCUT2D eigenvalue weighted by Crippen LogP contribution is -2.22. The van der Waals surface area contributed by atoms with Crippen molar-refractivity contribution in [2.45, 2.75) is 264 Å². The molecule has 0 radical (unpaired) electrons. The van der Waals surface area contributed by atoms with E-state index in [0.717, 1.165) is 131 Å². The van der Waals surface area contributed by atoms with Gasteiger partial charge < -0.3 is 19.4 Å². The average Bonchev–Trinajstić information content (AvgIpc) is 1.74. The van der Waals surface area contributed by atoms with Gasteiger partial charge in [0.1, 0.15) is 28.8 Å². The highest BCUT2D eigenvalue weighted by molar-refractivity contribution is 6.05. The van der Waals surface area contributed by atoms with Crippen LogP contribution < -0.4 is 0 Å². The summed E-state index contributed by atoms with van der Waals surface area (Å²) in [5, 5.41) is 28.9. The molecule has 724 valence electrons. The van der Waals surface area contributed by atoms with E-state index in [1.165, 1.54) is 33.7 Å². The normalized spacial score (nSPS) is 12.5. The maximum absolute atomic E-state index is 4.53. The van der Waals surface area contributed by atoms with Gasteiger partial charge in [0.05, 0.1) is 130 Å². The molecule has 2 aliphatic rings. The Morgan fingerprint density at radius 3 is 1.38 bits per heavy atom. The van der Waals surface area contributed by atoms with Gasteiger partial charge in [0.2, 0.25) is 0 Å². The second kappa shape index (κ2) is 44.1. The van der Waals surface area contributed by atoms with Gasteiger partial charge in [0.25, 0.3) is 0 Å². The van der Waals surface area contributed by atoms with Crippen LogP contribution in [0, 0.1) is 11.8 Å². The van der Waals surface area contributed by atoms with Crippen LogP contribution in [0.4, 0.5) is 0 Å². The summed E-state index contributed by atoms with van der Waals surface area (Å²) >= 11 is 0. The van der Waals surface area contributed by atoms with Crippen molar-refractivity contribution in [3.05, 3.63) is 291 Å². The number of fused-ring (bicyclic) bond motifs is 11. The van der Waals surface area contributed by atoms with Gasteiger partial charge in [-0.2, -0.15) is 20.4 Å². The molecule has 0 saturated carbocycles. The van der Waals surface area contributed by atoms with Gasteiger partial charge in [-0.05, 0) is 127 Å². The number of benzene rings is 1. The highest BCUT2D eigenvalue weighted by atomic mass is 15.3. The Bertz CT molecular complexity index is 6560. The number of nitrogens with one attached hydrogen (secondary N) is 3. The van der Waals surface area contributed by atoms with Crippen LogP contribution >= 0.6 is 0 Å². The minimum absolute atomic E-state index is 0.00792. The molecule has 0 atom stereocenters. The van der Waals surface area contributed by atoms with Gasteiger partial charge in [-0.1, -0.05) is 158 Å². The van der Waals surface area contributed by atoms with E-state index < -0.39 is 0 Å². The van der Waals surface area contributed by atoms with Crippen LogP contribution in [0.25, 0.3) is 82.8 Å². The maximum Gasteiger partial charge on any atom is 0.179 e. The first kappa shape index (κ1) is 103. The molecule has 20 aromatic rings. The summed E-state index contributed by atoms with van der Waals surface area (Å²) in [6.07, 6.45) is 49.3. The summed E-state index contributed by atoms with van der Waals surface area (Å²) < 4.78 is 11.7. The lowest BCUT2D eigenvalue weighted by molar-refractivity contribution is 0.368. The molecule has 3 N–H and O–H groups in total. The van der Waals surface area contributed by atoms with E-state index in [0.29, 0.717) is 23.8 Å². The van der Waals surface area contributed by atoms with Crippen molar-refractivity contribution >= 4 is 94.2 Å². The number of rotatable bonds is 4. The van der Waals surface area contributed by atoms with Crippen molar-refractivity contribution in [1.29, 1.82) is 0 Å². The Balaban J connectivity index is 0.000000137. The van der Waals surface area contributed by atoms with Crippen LogP contribution in [-0.4, -0.2) is 159 Å². The highest BCUT2D eigenvalue weighted by Gasteiger charge is 2.26. The minimum atomic E-state index is -0.00792. The van der Waals surface area contributed by atoms with Gasteiger partial charge in [-0.25, -0.2) is 29.4 Å². The zero-order valence-corrected chi connectivity index (χ0v) is 86.1. The van der Waals surface area contributed by atoms with Gasteiger partial charge >= 0.3 is 0 Å². The molecule has 22 rings (SSSR count). The first-order valence-electron chi connectivity index (χ1n) is 47.1. The summed E-state index contributed by atoms with van der Waals surface area (Å²) in [5.74, 6) is 6.32. The van der Waals surface area contributed by atoms with Crippen LogP contribution in [0.5, 0.6) is 0 Å². The molecule has 1 aromatic carbocycles. The molecule has 0 aliphatic carbocycles. The zero-order chi connectivity index (χ0) is 101. The van der Waals surface area contributed by atoms with Gasteiger partial charge in [-0.15, -0.1) is 10.2 Å². The molecule has 0 spiro atoms. The number of imidazole rings is 4. The minimum Gasteiger partial charge on any atom is -0.342 e. The zero-order valence-electron chi connectivity index (χ0n) is 86.1. The lowest BCUT2D eigenvalue weighted by Gasteiger charge is -2.20. The molecule has 21 heterocycles. The van der Waals surface area contributed by atoms with Crippen molar-refractivity contribution in [1.82, 2.24) is 148 Å². The van der Waals surface area contributed by atoms with E-state index in [-0.39, 0.29) is 38.2 Å². The number of aromatic nitrogens is 30. The quantitative estimate of drug-likeness (QED) is 0.147. The van der Waals surface area contributed by atoms with Crippen LogP contribution in [0.15, 0.2) is 244 Å². The maximum atomic E-state index is 4.53. The Morgan fingerprint density at radius 2 is 0.820 bits per heavy atom. The summed E-state index contributed by atoms with van der Waals surface area (Å²) in [6.45, 7) is 63.6. The number of aromatic amines is 3. The van der Waals surface area contributed by atoms with Crippen molar-refractivity contribution in [3.8, 4) is 0 Å². The van der Waals surface area contributed by atoms with E-state index in [2.05, 4.69) is 349 Å². The molecule has 32 heteroatoms. The molecule has 0 saturated heterocycles. The van der Waals surface area contributed by atoms with E-state index in [1.54, 1.807) is 97.5 Å². The van der Waals surface area contributed by atoms with Crippen molar-refractivity contribution in [2.75, 3.05) is 0 Å². The number of pyridine rings is 7. The third-order valence-corrected chi connectivity index (χ3v) is 21.9. The molecular formula is C107H136N32. The third kappa shape index (κ3) is 27.3. The largest absolute Gasteiger partial charge is 0.342 e. The summed E-state index contributed by atoms with van der Waals surface area (Å²) in [7, 11) is 0. The fraction of sp³-hybridized carbons (Fsp3) is 0.393. The van der Waals surface area contributed by atoms with Crippen LogP contribution in [0.1, 0.15) is 270 Å². The SMILES string of the molecule is CC(C)(C)c1cn2ccncc2n1.CC(C)(C)c1nc2ccccc2[nH]1.CC(C)(C)c1nc2ccncc2[nH]1.CC(C)(C)c1nc2ccncc2[nH]1.CC(C)(C)c1nc2cnccn2n1.CC(C)(C)n1ncc2ccncc21.CC(C)(C)n1ncc2cnccc21.CC(C)C1=NCc2ccncc21.CC(C)C1=NCc2cnccc21.CC(C)c1nnc2cnccn12.CC(C)n1cc2ccncc2n1. The third-order valence-electron chi connectivity index (χ3n) is 21.9. The number of hydrogen-bond acceptors (Lipinski definition) is 23. The predicted octanol–water partition coefficient (Wildman–Crippen LogP) is 22.5. The molecular weight excluding hydrogens is 1730 g/mol. The number of para-hydroxylation sites is 2. The summed E-state index contributed by atoms with van der Waals surface area (Å²) in [6, 6.07) is 22.4. The Hall–Kier alpha value is -14.9. The van der Waals surface area contributed by atoms with Crippen molar-refractivity contribution in [2.24, 2.45) is 21.8 Å². The van der Waals surface area contributed by atoms with Gasteiger partial charge in [0.15, 0.2) is 22.8 Å². The molecule has 0 fully saturated rings. The first-order chi connectivity index (χ1) is 65.7. The fourth-order valence-corrected chi connectivity index (χ4v) is 14.2. The number of hydrogen-bond donors (Lipinski definition) is 3. The van der Waals surface area contributed by atoms with Crippen molar-refractivity contribution in [3.63, 3.8) is 0 Å². The second-order valence-electron chi connectivity index (χ2n) is 42.3. The molecule has 19 aromatic heterocycles. The van der Waals surface area contributed by atoms with Crippen LogP contribution in [0.3, 0.4) is 0 Å². The first-order valence-corrected chi connectivity index (χ1v) is 47.1. The van der Waals surface area contributed by atoms with Crippen LogP contribution in [-0.2, 0) is 51.2 Å². The number of nitrogens with zero attached hydrogens (tertiary/aromatic N) is 29. The molecule has 0 amide bonds. The topological polar surface area (TPSA) is 371 Å². The molecule has 0 bridgehead atoms. The Kier molecular flexibility index (Phi) is 32.7. The monoisotopic (exact) mass is 1870 g/mol. The Morgan fingerprint density at radius 1 is 0.331 bits per heavy atom. The lowest BCUT2D eigenvalue weighted by atomic mass is 9.93. The van der Waals surface area contributed by atoms with E-state index in [9.17, 15) is 0 Å². The molecule has 139 heavy (non-hydrogen) atoms. The number of aliphatic imine (C=N–C) groups is 2. The summed E-state index contributed by atoms with van der Waals surface area (Å²) in [5.41, 5.74) is 20.9. The standard InChI is InChI=1S/C11H14N2.5C10H13N3.2C10H12N2.C9H12N4.C9H11N3.C8H10N4/c1-11(2,3)10-12-8-6-4-5-7-9(8)13-10;1-10(2,3)8-7-13-5-4-11-6-9(13)12-8;1-10(2,3)13-9-4-5-11-6-8(9)7-12-13;1-10(2,3)13-9-7-11-5-4-8(9)6-12-13;2*1-10(2,3)9-12-7-4-5-11-6-8(7)13-9;1-7(2)10-9-3-4-11-5-8(9)6-12-10;1-7(2)10-9-6-11-4-3-8(9)5-12-10;1-9(2,3)8-11-7-6-10-4-5-13(7)12-8;1-7(2)12-6-8-3-4-10-5-9(8)11-12;1-6(2)8-11-10-7-5-9-3-4-12(7)8/h4-7H,1-3H3,(H,12,13);3*4-7H,1-3H3;2*4-6H,1-3H3,(H,12,13);3-5,7H,6H2,1-2H3;3-4,6-7H,5H2,1-2H3;4-6H,1-3H3;3-7H,1-2H3;3-6H,1-2H3. The second-order valence-corrected chi connectivity index (χ2v) is 42.3. The van der Waals surface area contributed by atoms with Gasteiger partial charge in [-0.3, -0.25) is 78.3 Å². The average molecular weight is 1870 g/mol. The van der Waals surface area contributed by atoms with E-state index in [1.807, 2.05) is 146 Å². The fourth-order valence-electron chi connectivity index (χ4n) is 14.2. The smallest absolute Gasteiger partial charge is 0.179 e. The Labute approximate surface area is 814 Å². The highest BCUT2D eigenvalue weighted by Crippen LogP contribution is 2.30.